The number of rotatable bonds is 1. The van der Waals surface area contributed by atoms with Crippen molar-refractivity contribution in [2.45, 2.75) is 13.3 Å². The van der Waals surface area contributed by atoms with Crippen LogP contribution in [0.4, 0.5) is 28.4 Å². The zero-order valence-electron chi connectivity index (χ0n) is 15.7. The van der Waals surface area contributed by atoms with Crippen LogP contribution >= 0.6 is 0 Å². The summed E-state index contributed by atoms with van der Waals surface area (Å²) in [5.74, 6) is 2.31. The number of benzene rings is 3. The summed E-state index contributed by atoms with van der Waals surface area (Å²) in [5, 5.41) is 0. The normalized spacial score (nSPS) is 18.6. The Morgan fingerprint density at radius 1 is 0.750 bits per heavy atom. The number of hydrogen-bond acceptors (Lipinski definition) is 3. The molecule has 1 unspecified atom stereocenters. The summed E-state index contributed by atoms with van der Waals surface area (Å²) in [6.07, 6.45) is 7.97. The van der Waals surface area contributed by atoms with Crippen molar-refractivity contribution < 1.29 is 4.74 Å². The number of allylic oxidation sites excluding steroid dienone is 3. The Hall–Kier alpha value is -3.46. The van der Waals surface area contributed by atoms with Gasteiger partial charge in [0.25, 0.3) is 0 Å². The third kappa shape index (κ3) is 2.10. The van der Waals surface area contributed by atoms with E-state index in [0.717, 1.165) is 35.0 Å². The molecule has 3 nitrogen and oxygen atoms in total. The van der Waals surface area contributed by atoms with Gasteiger partial charge in [-0.3, -0.25) is 4.90 Å². The second-order valence-electron chi connectivity index (χ2n) is 7.56. The van der Waals surface area contributed by atoms with Gasteiger partial charge >= 0.3 is 0 Å². The maximum absolute atomic E-state index is 6.29. The Morgan fingerprint density at radius 3 is 2.25 bits per heavy atom. The molecule has 3 aliphatic rings. The Labute approximate surface area is 164 Å². The monoisotopic (exact) mass is 364 g/mol. The minimum atomic E-state index is 0.529. The molecular weight excluding hydrogens is 344 g/mol. The highest BCUT2D eigenvalue weighted by Gasteiger charge is 2.36. The third-order valence-corrected chi connectivity index (χ3v) is 5.64. The van der Waals surface area contributed by atoms with Crippen molar-refractivity contribution in [3.05, 3.63) is 90.7 Å². The van der Waals surface area contributed by atoms with Gasteiger partial charge in [-0.25, -0.2) is 0 Å². The van der Waals surface area contributed by atoms with E-state index < -0.39 is 0 Å². The molecule has 28 heavy (non-hydrogen) atoms. The van der Waals surface area contributed by atoms with Crippen molar-refractivity contribution >= 4 is 28.4 Å². The van der Waals surface area contributed by atoms with E-state index in [-0.39, 0.29) is 0 Å². The van der Waals surface area contributed by atoms with Crippen molar-refractivity contribution in [1.82, 2.24) is 0 Å². The fraction of sp³-hybridized carbons (Fsp3) is 0.120. The Morgan fingerprint density at radius 2 is 1.43 bits per heavy atom. The lowest BCUT2D eigenvalue weighted by molar-refractivity contribution is 0.477. The van der Waals surface area contributed by atoms with Crippen LogP contribution in [0.25, 0.3) is 0 Å². The van der Waals surface area contributed by atoms with Crippen molar-refractivity contribution in [3.8, 4) is 11.5 Å². The maximum atomic E-state index is 6.29. The molecule has 3 heteroatoms. The molecule has 1 atom stereocenters. The van der Waals surface area contributed by atoms with Gasteiger partial charge in [0.15, 0.2) is 11.5 Å². The first-order valence-corrected chi connectivity index (χ1v) is 9.79. The average molecular weight is 364 g/mol. The zero-order chi connectivity index (χ0) is 18.7. The van der Waals surface area contributed by atoms with Crippen LogP contribution in [0, 0.1) is 5.92 Å². The van der Waals surface area contributed by atoms with Crippen LogP contribution in [-0.2, 0) is 0 Å². The Kier molecular flexibility index (Phi) is 3.21. The highest BCUT2D eigenvalue weighted by Crippen LogP contribution is 2.60. The molecule has 6 rings (SSSR count). The molecule has 136 valence electrons. The van der Waals surface area contributed by atoms with Gasteiger partial charge in [0.2, 0.25) is 0 Å². The number of anilines is 5. The molecule has 0 amide bonds. The lowest BCUT2D eigenvalue weighted by Gasteiger charge is -2.43. The van der Waals surface area contributed by atoms with E-state index in [0.29, 0.717) is 5.92 Å². The second-order valence-corrected chi connectivity index (χ2v) is 7.56. The molecule has 0 fully saturated rings. The van der Waals surface area contributed by atoms with Gasteiger partial charge in [0.05, 0.1) is 22.7 Å². The summed E-state index contributed by atoms with van der Waals surface area (Å²) in [6.45, 7) is 2.27. The van der Waals surface area contributed by atoms with E-state index in [1.807, 2.05) is 12.1 Å². The smallest absolute Gasteiger partial charge is 0.153 e. The summed E-state index contributed by atoms with van der Waals surface area (Å²) in [7, 11) is 0. The van der Waals surface area contributed by atoms with Crippen LogP contribution in [0.15, 0.2) is 90.7 Å². The van der Waals surface area contributed by atoms with Crippen LogP contribution in [0.1, 0.15) is 13.3 Å². The van der Waals surface area contributed by atoms with Crippen LogP contribution in [0.5, 0.6) is 11.5 Å². The van der Waals surface area contributed by atoms with Crippen molar-refractivity contribution in [2.75, 3.05) is 9.80 Å². The quantitative estimate of drug-likeness (QED) is 0.355. The van der Waals surface area contributed by atoms with E-state index in [9.17, 15) is 0 Å². The first-order chi connectivity index (χ1) is 13.8. The first-order valence-electron chi connectivity index (χ1n) is 9.79. The molecule has 3 aromatic rings. The lowest BCUT2D eigenvalue weighted by Crippen LogP contribution is -2.28. The van der Waals surface area contributed by atoms with Gasteiger partial charge in [-0.05, 0) is 54.8 Å². The number of para-hydroxylation sites is 5. The minimum absolute atomic E-state index is 0.529. The predicted molar refractivity (Wildman–Crippen MR) is 114 cm³/mol. The van der Waals surface area contributed by atoms with Crippen LogP contribution in [0.2, 0.25) is 0 Å². The fourth-order valence-corrected chi connectivity index (χ4v) is 4.43. The average Bonchev–Trinajstić information content (AvgIpc) is 2.73. The summed E-state index contributed by atoms with van der Waals surface area (Å²) >= 11 is 0. The summed E-state index contributed by atoms with van der Waals surface area (Å²) < 4.78 is 6.29. The number of ether oxygens (including phenoxy) is 1. The minimum Gasteiger partial charge on any atom is -0.453 e. The molecule has 0 aromatic heterocycles. The van der Waals surface area contributed by atoms with E-state index >= 15 is 0 Å². The first kappa shape index (κ1) is 15.6. The Balaban J connectivity index is 1.66. The van der Waals surface area contributed by atoms with Crippen molar-refractivity contribution in [2.24, 2.45) is 5.92 Å². The number of hydrogen-bond donors (Lipinski definition) is 0. The van der Waals surface area contributed by atoms with E-state index in [1.165, 1.54) is 17.1 Å². The van der Waals surface area contributed by atoms with Gasteiger partial charge in [0, 0.05) is 5.70 Å². The molecule has 0 bridgehead atoms. The van der Waals surface area contributed by atoms with Gasteiger partial charge in [0.1, 0.15) is 5.69 Å². The van der Waals surface area contributed by atoms with Crippen LogP contribution in [0.3, 0.4) is 0 Å². The third-order valence-electron chi connectivity index (χ3n) is 5.64. The zero-order valence-corrected chi connectivity index (χ0v) is 15.7. The summed E-state index contributed by atoms with van der Waals surface area (Å²) in [4.78, 5) is 4.71. The molecule has 0 saturated carbocycles. The van der Waals surface area contributed by atoms with Crippen LogP contribution in [-0.4, -0.2) is 0 Å². The molecule has 0 saturated heterocycles. The van der Waals surface area contributed by atoms with E-state index in [2.05, 4.69) is 89.5 Å². The standard InChI is InChI=1S/C25H20N2O/c1-17-8-6-9-18(16-17)26-19-10-2-3-11-20(19)27-21-12-4-5-14-23(21)28-24-15-7-13-22(26)25(24)27/h2-7,9-17H,8H2,1H3. The molecule has 3 aromatic carbocycles. The number of nitrogens with zero attached hydrogens (tertiary/aromatic N) is 2. The predicted octanol–water partition coefficient (Wildman–Crippen LogP) is 7.19. The van der Waals surface area contributed by atoms with Crippen LogP contribution < -0.4 is 14.5 Å². The SMILES string of the molecule is CC1C=C(N2c3ccccc3N3c4ccccc4Oc4cccc2c43)C=CC1. The molecule has 0 radical (unpaired) electrons. The Bertz CT molecular complexity index is 1160. The molecular formula is C25H20N2O. The van der Waals surface area contributed by atoms with Gasteiger partial charge in [-0.1, -0.05) is 49.4 Å². The van der Waals surface area contributed by atoms with Gasteiger partial charge in [-0.15, -0.1) is 0 Å². The lowest BCUT2D eigenvalue weighted by atomic mass is 9.97. The molecule has 1 aliphatic carbocycles. The molecule has 2 heterocycles. The molecule has 0 spiro atoms. The van der Waals surface area contributed by atoms with E-state index in [1.54, 1.807) is 0 Å². The van der Waals surface area contributed by atoms with Crippen molar-refractivity contribution in [3.63, 3.8) is 0 Å². The second kappa shape index (κ2) is 5.77. The maximum Gasteiger partial charge on any atom is 0.153 e. The largest absolute Gasteiger partial charge is 0.453 e. The van der Waals surface area contributed by atoms with Crippen molar-refractivity contribution in [1.29, 1.82) is 0 Å². The molecule has 0 N–H and O–H groups in total. The topological polar surface area (TPSA) is 15.7 Å². The highest BCUT2D eigenvalue weighted by molar-refractivity contribution is 6.03. The summed E-state index contributed by atoms with van der Waals surface area (Å²) in [5.41, 5.74) is 6.91. The van der Waals surface area contributed by atoms with Gasteiger partial charge < -0.3 is 9.64 Å². The molecule has 2 aliphatic heterocycles. The van der Waals surface area contributed by atoms with E-state index in [4.69, 9.17) is 4.74 Å². The van der Waals surface area contributed by atoms with Gasteiger partial charge in [-0.2, -0.15) is 0 Å². The summed E-state index contributed by atoms with van der Waals surface area (Å²) in [6, 6.07) is 23.2. The number of fused-ring (bicyclic) bond motifs is 4. The fourth-order valence-electron chi connectivity index (χ4n) is 4.43. The highest BCUT2D eigenvalue weighted by atomic mass is 16.5.